The molecule has 2 heteroatoms. The summed E-state index contributed by atoms with van der Waals surface area (Å²) < 4.78 is 0. The van der Waals surface area contributed by atoms with Crippen molar-refractivity contribution in [1.82, 2.24) is 10.2 Å². The lowest BCUT2D eigenvalue weighted by Crippen LogP contribution is -2.51. The van der Waals surface area contributed by atoms with E-state index in [0.717, 1.165) is 5.92 Å². The van der Waals surface area contributed by atoms with Gasteiger partial charge in [-0.2, -0.15) is 0 Å². The average molecular weight is 284 g/mol. The zero-order chi connectivity index (χ0) is 14.3. The first kappa shape index (κ1) is 13.8. The second kappa shape index (κ2) is 5.40. The minimum Gasteiger partial charge on any atom is -0.310 e. The van der Waals surface area contributed by atoms with E-state index in [-0.39, 0.29) is 0 Å². The van der Waals surface area contributed by atoms with E-state index in [0.29, 0.717) is 11.6 Å². The molecule has 114 valence electrons. The molecule has 1 N–H and O–H groups in total. The minimum atomic E-state index is 0.350. The third kappa shape index (κ3) is 2.64. The number of fused-ring (bicyclic) bond motifs is 1. The van der Waals surface area contributed by atoms with E-state index in [9.17, 15) is 0 Å². The highest BCUT2D eigenvalue weighted by Crippen LogP contribution is 2.43. The number of nitrogens with zero attached hydrogens (tertiary/aromatic N) is 1. The van der Waals surface area contributed by atoms with Gasteiger partial charge in [0.25, 0.3) is 0 Å². The van der Waals surface area contributed by atoms with E-state index in [2.05, 4.69) is 41.4 Å². The molecule has 2 aliphatic carbocycles. The predicted octanol–water partition coefficient (Wildman–Crippen LogP) is 3.53. The topological polar surface area (TPSA) is 15.3 Å². The standard InChI is InChI=1S/C19H28N2/c1-19(16-10-11-16)14-21(13-5-12-20-19)18-9-4-7-15-6-2-3-8-17(15)18/h2-3,6,8,16,18,20H,4-5,7,9-14H2,1H3. The van der Waals surface area contributed by atoms with Crippen LogP contribution < -0.4 is 5.32 Å². The molecule has 3 aliphatic rings. The summed E-state index contributed by atoms with van der Waals surface area (Å²) in [5.74, 6) is 0.914. The molecule has 2 fully saturated rings. The number of benzene rings is 1. The van der Waals surface area contributed by atoms with Crippen LogP contribution in [0.4, 0.5) is 0 Å². The summed E-state index contributed by atoms with van der Waals surface area (Å²) >= 11 is 0. The number of rotatable bonds is 2. The molecular formula is C19H28N2. The van der Waals surface area contributed by atoms with Crippen LogP contribution in [-0.4, -0.2) is 30.1 Å². The van der Waals surface area contributed by atoms with Crippen molar-refractivity contribution in [2.45, 2.75) is 57.0 Å². The van der Waals surface area contributed by atoms with Crippen LogP contribution in [0.3, 0.4) is 0 Å². The lowest BCUT2D eigenvalue weighted by Gasteiger charge is -2.40. The van der Waals surface area contributed by atoms with Gasteiger partial charge in [-0.05, 0) is 69.0 Å². The summed E-state index contributed by atoms with van der Waals surface area (Å²) in [5, 5.41) is 3.87. The maximum atomic E-state index is 3.87. The van der Waals surface area contributed by atoms with Crippen LogP contribution in [0.5, 0.6) is 0 Å². The predicted molar refractivity (Wildman–Crippen MR) is 87.4 cm³/mol. The fourth-order valence-electron chi connectivity index (χ4n) is 4.58. The largest absolute Gasteiger partial charge is 0.310 e. The van der Waals surface area contributed by atoms with E-state index in [1.807, 2.05) is 0 Å². The molecule has 2 unspecified atom stereocenters. The number of nitrogens with one attached hydrogen (secondary N) is 1. The first-order valence-corrected chi connectivity index (χ1v) is 8.83. The van der Waals surface area contributed by atoms with Crippen LogP contribution in [0, 0.1) is 5.92 Å². The molecule has 0 spiro atoms. The van der Waals surface area contributed by atoms with Crippen molar-refractivity contribution >= 4 is 0 Å². The normalized spacial score (nSPS) is 34.2. The van der Waals surface area contributed by atoms with Gasteiger partial charge in [-0.1, -0.05) is 24.3 Å². The maximum Gasteiger partial charge on any atom is 0.0351 e. The van der Waals surface area contributed by atoms with Gasteiger partial charge in [0.1, 0.15) is 0 Å². The summed E-state index contributed by atoms with van der Waals surface area (Å²) in [6.07, 6.45) is 8.13. The molecule has 0 radical (unpaired) electrons. The molecular weight excluding hydrogens is 256 g/mol. The molecule has 1 aromatic rings. The van der Waals surface area contributed by atoms with E-state index >= 15 is 0 Å². The molecule has 1 saturated heterocycles. The second-order valence-electron chi connectivity index (χ2n) is 7.55. The summed E-state index contributed by atoms with van der Waals surface area (Å²) in [4.78, 5) is 2.80. The maximum absolute atomic E-state index is 3.87. The first-order valence-electron chi connectivity index (χ1n) is 8.83. The molecule has 1 heterocycles. The lowest BCUT2D eigenvalue weighted by atomic mass is 9.85. The summed E-state index contributed by atoms with van der Waals surface area (Å²) in [6.45, 7) is 6.15. The molecule has 2 nitrogen and oxygen atoms in total. The van der Waals surface area contributed by atoms with Crippen molar-refractivity contribution in [2.24, 2.45) is 5.92 Å². The van der Waals surface area contributed by atoms with Gasteiger partial charge >= 0.3 is 0 Å². The SMILES string of the molecule is CC1(C2CC2)CN(C2CCCc3ccccc32)CCCN1. The van der Waals surface area contributed by atoms with Gasteiger partial charge in [0, 0.05) is 24.7 Å². The zero-order valence-corrected chi connectivity index (χ0v) is 13.3. The van der Waals surface area contributed by atoms with Crippen LogP contribution in [0.15, 0.2) is 24.3 Å². The quantitative estimate of drug-likeness (QED) is 0.894. The van der Waals surface area contributed by atoms with Crippen LogP contribution in [-0.2, 0) is 6.42 Å². The number of hydrogen-bond donors (Lipinski definition) is 1. The number of aryl methyl sites for hydroxylation is 1. The smallest absolute Gasteiger partial charge is 0.0351 e. The van der Waals surface area contributed by atoms with E-state index in [4.69, 9.17) is 0 Å². The Hall–Kier alpha value is -0.860. The van der Waals surface area contributed by atoms with Crippen molar-refractivity contribution in [1.29, 1.82) is 0 Å². The fourth-order valence-corrected chi connectivity index (χ4v) is 4.58. The molecule has 1 aliphatic heterocycles. The van der Waals surface area contributed by atoms with Gasteiger partial charge in [0.2, 0.25) is 0 Å². The Morgan fingerprint density at radius 3 is 2.86 bits per heavy atom. The Kier molecular flexibility index (Phi) is 3.55. The highest BCUT2D eigenvalue weighted by molar-refractivity contribution is 5.32. The van der Waals surface area contributed by atoms with Crippen LogP contribution in [0.25, 0.3) is 0 Å². The van der Waals surface area contributed by atoms with Crippen LogP contribution >= 0.6 is 0 Å². The van der Waals surface area contributed by atoms with Gasteiger partial charge in [0.05, 0.1) is 0 Å². The van der Waals surface area contributed by atoms with Gasteiger partial charge in [-0.15, -0.1) is 0 Å². The van der Waals surface area contributed by atoms with Crippen LogP contribution in [0.1, 0.15) is 56.2 Å². The fraction of sp³-hybridized carbons (Fsp3) is 0.684. The molecule has 21 heavy (non-hydrogen) atoms. The summed E-state index contributed by atoms with van der Waals surface area (Å²) in [5.41, 5.74) is 3.56. The first-order chi connectivity index (χ1) is 10.3. The molecule has 1 aromatic carbocycles. The third-order valence-corrected chi connectivity index (χ3v) is 5.94. The molecule has 2 atom stereocenters. The van der Waals surface area contributed by atoms with Crippen molar-refractivity contribution in [2.75, 3.05) is 19.6 Å². The lowest BCUT2D eigenvalue weighted by molar-refractivity contribution is 0.138. The Balaban J connectivity index is 1.60. The molecule has 0 aromatic heterocycles. The summed E-state index contributed by atoms with van der Waals surface area (Å²) in [6, 6.07) is 9.82. The van der Waals surface area contributed by atoms with Gasteiger partial charge in [0.15, 0.2) is 0 Å². The second-order valence-corrected chi connectivity index (χ2v) is 7.55. The third-order valence-electron chi connectivity index (χ3n) is 5.94. The van der Waals surface area contributed by atoms with E-state index in [1.165, 1.54) is 58.2 Å². The molecule has 4 rings (SSSR count). The molecule has 1 saturated carbocycles. The van der Waals surface area contributed by atoms with Crippen LogP contribution in [0.2, 0.25) is 0 Å². The Labute approximate surface area is 128 Å². The van der Waals surface area contributed by atoms with Crippen molar-refractivity contribution < 1.29 is 0 Å². The highest BCUT2D eigenvalue weighted by Gasteiger charge is 2.44. The van der Waals surface area contributed by atoms with E-state index < -0.39 is 0 Å². The van der Waals surface area contributed by atoms with Gasteiger partial charge in [-0.25, -0.2) is 0 Å². The van der Waals surface area contributed by atoms with Crippen molar-refractivity contribution in [3.63, 3.8) is 0 Å². The van der Waals surface area contributed by atoms with Crippen molar-refractivity contribution in [3.05, 3.63) is 35.4 Å². The monoisotopic (exact) mass is 284 g/mol. The summed E-state index contributed by atoms with van der Waals surface area (Å²) in [7, 11) is 0. The highest BCUT2D eigenvalue weighted by atomic mass is 15.2. The average Bonchev–Trinajstić information content (AvgIpc) is 3.34. The van der Waals surface area contributed by atoms with Crippen molar-refractivity contribution in [3.8, 4) is 0 Å². The molecule has 0 bridgehead atoms. The Morgan fingerprint density at radius 2 is 2.00 bits per heavy atom. The minimum absolute atomic E-state index is 0.350. The Bertz CT molecular complexity index is 508. The van der Waals surface area contributed by atoms with E-state index in [1.54, 1.807) is 11.1 Å². The molecule has 0 amide bonds. The zero-order valence-electron chi connectivity index (χ0n) is 13.3. The van der Waals surface area contributed by atoms with Gasteiger partial charge < -0.3 is 5.32 Å². The Morgan fingerprint density at radius 1 is 1.14 bits per heavy atom. The number of hydrogen-bond acceptors (Lipinski definition) is 2. The van der Waals surface area contributed by atoms with Gasteiger partial charge in [-0.3, -0.25) is 4.90 Å².